The van der Waals surface area contributed by atoms with Crippen molar-refractivity contribution in [2.24, 2.45) is 7.05 Å². The van der Waals surface area contributed by atoms with Crippen LogP contribution in [-0.2, 0) is 11.8 Å². The Morgan fingerprint density at radius 1 is 1.16 bits per heavy atom. The van der Waals surface area contributed by atoms with Crippen LogP contribution in [-0.4, -0.2) is 25.7 Å². The molecule has 158 valence electrons. The number of thiazole rings is 1. The molecule has 4 rings (SSSR count). The molecule has 1 unspecified atom stereocenters. The number of anilines is 1. The zero-order chi connectivity index (χ0) is 22.1. The maximum atomic E-state index is 13.5. The van der Waals surface area contributed by atoms with Gasteiger partial charge in [0.2, 0.25) is 5.91 Å². The first-order valence-corrected chi connectivity index (χ1v) is 10.9. The van der Waals surface area contributed by atoms with Gasteiger partial charge in [-0.25, -0.2) is 18.7 Å². The smallest absolute Gasteiger partial charge is 0.261 e. The van der Waals surface area contributed by atoms with Crippen LogP contribution >= 0.6 is 23.1 Å². The molecule has 0 spiro atoms. The first-order valence-electron chi connectivity index (χ1n) is 9.17. The molecular weight excluding hydrogens is 442 g/mol. The fourth-order valence-corrected chi connectivity index (χ4v) is 4.44. The molecule has 2 heterocycles. The third kappa shape index (κ3) is 4.35. The quantitative estimate of drug-likeness (QED) is 0.353. The Morgan fingerprint density at radius 2 is 1.94 bits per heavy atom. The minimum Gasteiger partial charge on any atom is -0.301 e. The highest BCUT2D eigenvalue weighted by molar-refractivity contribution is 8.00. The summed E-state index contributed by atoms with van der Waals surface area (Å²) in [5.74, 6) is -2.22. The van der Waals surface area contributed by atoms with Gasteiger partial charge in [0.15, 0.2) is 21.9 Å². The number of fused-ring (bicyclic) bond motifs is 1. The van der Waals surface area contributed by atoms with Gasteiger partial charge in [0.25, 0.3) is 5.56 Å². The molecule has 4 aromatic rings. The molecule has 0 aliphatic heterocycles. The summed E-state index contributed by atoms with van der Waals surface area (Å²) in [6.45, 7) is 1.70. The summed E-state index contributed by atoms with van der Waals surface area (Å²) < 4.78 is 28.0. The van der Waals surface area contributed by atoms with Gasteiger partial charge in [-0.15, -0.1) is 11.3 Å². The molecule has 0 aliphatic rings. The molecule has 0 saturated heterocycles. The number of carbonyl (C=O) groups is 1. The Kier molecular flexibility index (Phi) is 5.84. The second kappa shape index (κ2) is 8.56. The number of benzene rings is 2. The Morgan fingerprint density at radius 3 is 2.71 bits per heavy atom. The number of nitrogens with zero attached hydrogens (tertiary/aromatic N) is 3. The van der Waals surface area contributed by atoms with Crippen LogP contribution in [0.3, 0.4) is 0 Å². The van der Waals surface area contributed by atoms with Gasteiger partial charge in [-0.05, 0) is 37.3 Å². The predicted molar refractivity (Wildman–Crippen MR) is 118 cm³/mol. The molecule has 10 heteroatoms. The molecule has 0 fully saturated rings. The summed E-state index contributed by atoms with van der Waals surface area (Å²) >= 11 is 2.33. The first kappa shape index (κ1) is 21.1. The van der Waals surface area contributed by atoms with Gasteiger partial charge in [0.05, 0.1) is 21.8 Å². The maximum Gasteiger partial charge on any atom is 0.261 e. The van der Waals surface area contributed by atoms with E-state index in [1.165, 1.54) is 22.0 Å². The summed E-state index contributed by atoms with van der Waals surface area (Å²) in [6, 6.07) is 10.5. The largest absolute Gasteiger partial charge is 0.301 e. The van der Waals surface area contributed by atoms with E-state index in [1.807, 2.05) is 0 Å². The van der Waals surface area contributed by atoms with E-state index in [9.17, 15) is 18.4 Å². The lowest BCUT2D eigenvalue weighted by Gasteiger charge is -2.13. The van der Waals surface area contributed by atoms with Gasteiger partial charge in [-0.1, -0.05) is 23.9 Å². The van der Waals surface area contributed by atoms with Crippen LogP contribution in [0.15, 0.2) is 57.8 Å². The Bertz CT molecular complexity index is 1350. The van der Waals surface area contributed by atoms with E-state index < -0.39 is 16.9 Å². The molecule has 2 aromatic carbocycles. The third-order valence-corrected chi connectivity index (χ3v) is 6.44. The fourth-order valence-electron chi connectivity index (χ4n) is 2.84. The van der Waals surface area contributed by atoms with Gasteiger partial charge in [-0.3, -0.25) is 14.2 Å². The van der Waals surface area contributed by atoms with E-state index in [0.29, 0.717) is 32.4 Å². The molecule has 0 aliphatic carbocycles. The number of hydrogen-bond donors (Lipinski definition) is 1. The summed E-state index contributed by atoms with van der Waals surface area (Å²) in [6.07, 6.45) is 0. The normalized spacial score (nSPS) is 12.1. The van der Waals surface area contributed by atoms with Crippen molar-refractivity contribution in [3.05, 3.63) is 69.8 Å². The highest BCUT2D eigenvalue weighted by Gasteiger charge is 2.20. The Balaban J connectivity index is 1.49. The van der Waals surface area contributed by atoms with Gasteiger partial charge in [-0.2, -0.15) is 0 Å². The molecule has 31 heavy (non-hydrogen) atoms. The Labute approximate surface area is 184 Å². The first-order chi connectivity index (χ1) is 14.8. The van der Waals surface area contributed by atoms with Crippen LogP contribution in [0, 0.1) is 11.6 Å². The molecular formula is C21H16F2N4O2S2. The van der Waals surface area contributed by atoms with Crippen molar-refractivity contribution in [2.45, 2.75) is 17.3 Å². The number of para-hydroxylation sites is 1. The zero-order valence-corrected chi connectivity index (χ0v) is 18.1. The van der Waals surface area contributed by atoms with Crippen molar-refractivity contribution in [3.63, 3.8) is 0 Å². The zero-order valence-electron chi connectivity index (χ0n) is 16.4. The lowest BCUT2D eigenvalue weighted by molar-refractivity contribution is -0.115. The summed E-state index contributed by atoms with van der Waals surface area (Å²) in [4.78, 5) is 33.9. The Hall–Kier alpha value is -3.11. The van der Waals surface area contributed by atoms with E-state index in [2.05, 4.69) is 15.3 Å². The highest BCUT2D eigenvalue weighted by Crippen LogP contribution is 2.28. The molecule has 2 aromatic heterocycles. The number of amides is 1. The van der Waals surface area contributed by atoms with Gasteiger partial charge in [0.1, 0.15) is 0 Å². The van der Waals surface area contributed by atoms with Gasteiger partial charge >= 0.3 is 0 Å². The van der Waals surface area contributed by atoms with Crippen molar-refractivity contribution in [1.29, 1.82) is 0 Å². The SMILES string of the molecule is CC(Sc1nc2ccccc2c(=O)n1C)C(=O)Nc1nc(-c2ccc(F)c(F)c2)cs1. The molecule has 0 bridgehead atoms. The van der Waals surface area contributed by atoms with Crippen LogP contribution in [0.5, 0.6) is 0 Å². The number of nitrogens with one attached hydrogen (secondary N) is 1. The maximum absolute atomic E-state index is 13.5. The van der Waals surface area contributed by atoms with Crippen molar-refractivity contribution >= 4 is 45.0 Å². The monoisotopic (exact) mass is 458 g/mol. The number of thioether (sulfide) groups is 1. The van der Waals surface area contributed by atoms with Crippen molar-refractivity contribution in [1.82, 2.24) is 14.5 Å². The average Bonchev–Trinajstić information content (AvgIpc) is 3.22. The molecule has 1 atom stereocenters. The number of hydrogen-bond acceptors (Lipinski definition) is 6. The minimum absolute atomic E-state index is 0.184. The van der Waals surface area contributed by atoms with Gasteiger partial charge in [0, 0.05) is 18.0 Å². The van der Waals surface area contributed by atoms with Crippen molar-refractivity contribution < 1.29 is 13.6 Å². The predicted octanol–water partition coefficient (Wildman–Crippen LogP) is 4.45. The van der Waals surface area contributed by atoms with Crippen LogP contribution in [0.2, 0.25) is 0 Å². The van der Waals surface area contributed by atoms with Crippen LogP contribution in [0.25, 0.3) is 22.2 Å². The summed E-state index contributed by atoms with van der Waals surface area (Å²) in [5, 5.41) is 5.07. The standard InChI is InChI=1S/C21H16F2N4O2S2/c1-11(31-21-25-16-6-4-3-5-13(16)19(29)27(21)2)18(28)26-20-24-17(10-30-20)12-7-8-14(22)15(23)9-12/h3-11H,1-2H3,(H,24,26,28). The second-order valence-corrected chi connectivity index (χ2v) is 8.86. The summed E-state index contributed by atoms with van der Waals surface area (Å²) in [5.41, 5.74) is 1.22. The van der Waals surface area contributed by atoms with E-state index in [-0.39, 0.29) is 11.5 Å². The number of carbonyl (C=O) groups excluding carboxylic acids is 1. The number of rotatable bonds is 5. The van der Waals surface area contributed by atoms with Crippen LogP contribution in [0.4, 0.5) is 13.9 Å². The van der Waals surface area contributed by atoms with E-state index in [1.54, 1.807) is 43.6 Å². The van der Waals surface area contributed by atoms with Crippen LogP contribution in [0.1, 0.15) is 6.92 Å². The van der Waals surface area contributed by atoms with Crippen molar-refractivity contribution in [2.75, 3.05) is 5.32 Å². The van der Waals surface area contributed by atoms with E-state index in [0.717, 1.165) is 23.9 Å². The van der Waals surface area contributed by atoms with E-state index in [4.69, 9.17) is 0 Å². The summed E-state index contributed by atoms with van der Waals surface area (Å²) in [7, 11) is 1.61. The highest BCUT2D eigenvalue weighted by atomic mass is 32.2. The molecule has 0 radical (unpaired) electrons. The molecule has 1 amide bonds. The minimum atomic E-state index is -0.963. The van der Waals surface area contributed by atoms with Crippen molar-refractivity contribution in [3.8, 4) is 11.3 Å². The molecule has 0 saturated carbocycles. The lowest BCUT2D eigenvalue weighted by atomic mass is 10.2. The number of aromatic nitrogens is 3. The van der Waals surface area contributed by atoms with Gasteiger partial charge < -0.3 is 5.32 Å². The van der Waals surface area contributed by atoms with Crippen LogP contribution < -0.4 is 10.9 Å². The molecule has 1 N–H and O–H groups in total. The second-order valence-electron chi connectivity index (χ2n) is 6.69. The average molecular weight is 459 g/mol. The number of halogens is 2. The lowest BCUT2D eigenvalue weighted by Crippen LogP contribution is -2.25. The van der Waals surface area contributed by atoms with E-state index >= 15 is 0 Å². The topological polar surface area (TPSA) is 76.9 Å². The fraction of sp³-hybridized carbons (Fsp3) is 0.143. The third-order valence-electron chi connectivity index (χ3n) is 4.54. The molecule has 6 nitrogen and oxygen atoms in total.